The minimum atomic E-state index is -1.98. The lowest BCUT2D eigenvalue weighted by molar-refractivity contribution is -0.112. The first-order valence-corrected chi connectivity index (χ1v) is 26.3. The van der Waals surface area contributed by atoms with Crippen molar-refractivity contribution < 1.29 is 53.8 Å². The first kappa shape index (κ1) is 53.2. The van der Waals surface area contributed by atoms with Crippen LogP contribution in [-0.2, 0) is 19.0 Å². The van der Waals surface area contributed by atoms with Gasteiger partial charge in [0, 0.05) is 119 Å². The van der Waals surface area contributed by atoms with Crippen LogP contribution in [0.5, 0.6) is 17.2 Å². The number of aliphatic hydroxyl groups excluding tert-OH is 2. The third-order valence-electron chi connectivity index (χ3n) is 16.5. The second-order valence-corrected chi connectivity index (χ2v) is 22.0. The molecule has 1 spiro atoms. The van der Waals surface area contributed by atoms with Gasteiger partial charge in [-0.2, -0.15) is 0 Å². The third-order valence-corrected chi connectivity index (χ3v) is 16.5. The van der Waals surface area contributed by atoms with Gasteiger partial charge in [0.05, 0.1) is 40.9 Å². The number of fused-ring (bicyclic) bond motifs is 13. The topological polar surface area (TPSA) is 216 Å². The summed E-state index contributed by atoms with van der Waals surface area (Å²) in [6.45, 7) is 21.2. The molecular formula is C55H78N6O11. The average Bonchev–Trinajstić information content (AvgIpc) is 4.03. The first-order valence-electron chi connectivity index (χ1n) is 26.3. The van der Waals surface area contributed by atoms with Crippen molar-refractivity contribution in [1.29, 1.82) is 0 Å². The predicted octanol–water partition coefficient (Wildman–Crippen LogP) is 6.27. The van der Waals surface area contributed by atoms with Crippen LogP contribution in [0, 0.1) is 36.5 Å². The summed E-state index contributed by atoms with van der Waals surface area (Å²) in [6, 6.07) is 0.534. The van der Waals surface area contributed by atoms with Crippen LogP contribution < -0.4 is 20.8 Å². The van der Waals surface area contributed by atoms with Gasteiger partial charge in [-0.1, -0.05) is 72.6 Å². The first-order chi connectivity index (χ1) is 34.2. The van der Waals surface area contributed by atoms with Gasteiger partial charge >= 0.3 is 11.9 Å². The van der Waals surface area contributed by atoms with Crippen molar-refractivity contribution in [1.82, 2.24) is 14.7 Å². The maximum atomic E-state index is 15.0. The van der Waals surface area contributed by atoms with Gasteiger partial charge in [0.25, 0.3) is 11.7 Å². The summed E-state index contributed by atoms with van der Waals surface area (Å²) in [5.74, 6) is -5.98. The molecule has 7 aliphatic rings. The largest absolute Gasteiger partial charge is 0.507 e. The van der Waals surface area contributed by atoms with Crippen molar-refractivity contribution in [2.75, 3.05) is 58.2 Å². The summed E-state index contributed by atoms with van der Waals surface area (Å²) in [5.41, 5.74) is -0.559. The number of phenols is 2. The highest BCUT2D eigenvalue weighted by atomic mass is 16.7. The Kier molecular flexibility index (Phi) is 15.8. The lowest BCUT2D eigenvalue weighted by Crippen LogP contribution is -2.48. The molecule has 0 unspecified atom stereocenters. The lowest BCUT2D eigenvalue weighted by atomic mass is 9.78. The van der Waals surface area contributed by atoms with Crippen LogP contribution in [0.2, 0.25) is 0 Å². The Balaban J connectivity index is 1.19. The quantitative estimate of drug-likeness (QED) is 0.209. The van der Waals surface area contributed by atoms with E-state index in [1.807, 2.05) is 13.8 Å². The predicted molar refractivity (Wildman–Crippen MR) is 272 cm³/mol. The van der Waals surface area contributed by atoms with Crippen LogP contribution in [0.4, 0.5) is 10.5 Å². The highest BCUT2D eigenvalue weighted by molar-refractivity contribution is 6.19. The number of allylic oxidation sites excluding steroid dienone is 2. The fourth-order valence-corrected chi connectivity index (χ4v) is 12.0. The number of ketones is 1. The number of carbonyl (C=O) groups excluding carboxylic acids is 3. The molecule has 5 N–H and O–H groups in total. The van der Waals surface area contributed by atoms with Crippen LogP contribution in [-0.4, -0.2) is 148 Å². The standard InChI is InChI=1S/C55H78N6O11/c1-30(2)29-59-24-20-55(21-25-59)57-42-39-40-47(64)36(8)50-41(39)51(66)54(9,72-50)70-28-19-38(69-10)33(5)49(71-53(68)61-23-14-22-60(26-27-61)37-17-11-12-18-37)35(7)46(63)34(6)45(62)31(3)15-13-16-32(4)52(67)56-44(48(40)65)43(42)58-55/h13,15-16,19,28,30-31,33-35,37-38,45-46,49,62-65H,11-12,14,17-18,20-27,29H2,1-10H3,(H,56,67)/b15-13+,28-19+,32-16-/t31-,33+,34+,35+,38-,45-,46+,49+,54-/m0/s1. The SMILES string of the molecule is CO[C@H]1/C=C/O[C@@]2(C)Oc3c(C)c(O)c4c(O)c(c5c(c4c3C2=O)=NC2(CCN(CC(C)C)CC2)N=5)NC(=O)/C(C)=C\C=C\[C@H](C)[C@H](O)[C@@H](C)[C@@H](O)[C@@H](C)[C@H](OC(=O)N2CCCN(C3CCCC3)CC2)[C@@H]1C. The smallest absolute Gasteiger partial charge is 0.410 e. The second-order valence-electron chi connectivity index (χ2n) is 22.0. The summed E-state index contributed by atoms with van der Waals surface area (Å²) < 4.78 is 25.1. The van der Waals surface area contributed by atoms with Gasteiger partial charge in [-0.3, -0.25) is 24.5 Å². The number of hydrogen-bond donors (Lipinski definition) is 5. The normalized spacial score (nSPS) is 32.6. The molecule has 9 atom stereocenters. The number of piperidine rings is 1. The van der Waals surface area contributed by atoms with Crippen LogP contribution in [0.3, 0.4) is 0 Å². The monoisotopic (exact) mass is 999 g/mol. The Labute approximate surface area is 423 Å². The number of methoxy groups -OCH3 is 1. The zero-order valence-electron chi connectivity index (χ0n) is 43.9. The van der Waals surface area contributed by atoms with E-state index in [2.05, 4.69) is 29.0 Å². The third kappa shape index (κ3) is 10.2. The minimum Gasteiger partial charge on any atom is -0.507 e. The van der Waals surface area contributed by atoms with E-state index in [0.717, 1.165) is 26.1 Å². The summed E-state index contributed by atoms with van der Waals surface area (Å²) >= 11 is 0. The number of anilines is 1. The van der Waals surface area contributed by atoms with E-state index in [9.17, 15) is 34.8 Å². The van der Waals surface area contributed by atoms with Gasteiger partial charge < -0.3 is 54.5 Å². The lowest BCUT2D eigenvalue weighted by Gasteiger charge is -2.39. The number of amides is 2. The van der Waals surface area contributed by atoms with Crippen molar-refractivity contribution in [3.05, 3.63) is 58.0 Å². The molecule has 1 aliphatic carbocycles. The van der Waals surface area contributed by atoms with E-state index in [0.29, 0.717) is 51.0 Å². The number of ether oxygens (including phenoxy) is 4. The van der Waals surface area contributed by atoms with Crippen LogP contribution in [0.15, 0.2) is 46.1 Å². The fraction of sp³-hybridized carbons (Fsp3) is 0.655. The number of Topliss-reactive ketones (excluding diaryl/α,β-unsaturated/α-hetero) is 1. The fourth-order valence-electron chi connectivity index (χ4n) is 12.0. The zero-order chi connectivity index (χ0) is 52.0. The number of hydrogen-bond acceptors (Lipinski definition) is 15. The number of carbonyl (C=O) groups is 3. The van der Waals surface area contributed by atoms with Crippen molar-refractivity contribution in [2.24, 2.45) is 39.6 Å². The Bertz CT molecular complexity index is 2620. The van der Waals surface area contributed by atoms with Crippen molar-refractivity contribution in [3.63, 3.8) is 0 Å². The molecule has 2 aromatic rings. The van der Waals surface area contributed by atoms with E-state index in [1.165, 1.54) is 46.0 Å². The molecule has 72 heavy (non-hydrogen) atoms. The molecule has 2 saturated heterocycles. The molecule has 3 fully saturated rings. The summed E-state index contributed by atoms with van der Waals surface area (Å²) in [4.78, 5) is 60.3. The molecule has 9 rings (SSSR count). The molecule has 394 valence electrons. The van der Waals surface area contributed by atoms with E-state index in [4.69, 9.17) is 28.9 Å². The molecule has 2 aromatic carbocycles. The summed E-state index contributed by atoms with van der Waals surface area (Å²) in [5, 5.41) is 51.3. The molecule has 6 heterocycles. The van der Waals surface area contributed by atoms with E-state index in [-0.39, 0.29) is 55.4 Å². The molecule has 2 amide bonds. The number of likely N-dealkylation sites (tertiary alicyclic amines) is 1. The van der Waals surface area contributed by atoms with Gasteiger partial charge in [-0.15, -0.1) is 0 Å². The van der Waals surface area contributed by atoms with Gasteiger partial charge in [0.15, 0.2) is 11.4 Å². The molecule has 17 nitrogen and oxygen atoms in total. The molecule has 0 radical (unpaired) electrons. The number of nitrogens with zero attached hydrogens (tertiary/aromatic N) is 5. The Morgan fingerprint density at radius 2 is 1.57 bits per heavy atom. The van der Waals surface area contributed by atoms with Gasteiger partial charge in [0.2, 0.25) is 0 Å². The number of aromatic hydroxyl groups is 2. The van der Waals surface area contributed by atoms with E-state index < -0.39 is 83.1 Å². The van der Waals surface area contributed by atoms with Gasteiger partial charge in [-0.25, -0.2) is 4.79 Å². The maximum Gasteiger partial charge on any atom is 0.410 e. The van der Waals surface area contributed by atoms with Crippen molar-refractivity contribution in [2.45, 2.75) is 149 Å². The van der Waals surface area contributed by atoms with Crippen LogP contribution in [0.1, 0.15) is 116 Å². The summed E-state index contributed by atoms with van der Waals surface area (Å²) in [7, 11) is 1.51. The number of benzene rings is 2. The van der Waals surface area contributed by atoms with Crippen molar-refractivity contribution >= 4 is 34.2 Å². The van der Waals surface area contributed by atoms with Crippen LogP contribution in [0.25, 0.3) is 10.8 Å². The molecule has 17 heteroatoms. The van der Waals surface area contributed by atoms with Crippen LogP contribution >= 0.6 is 0 Å². The number of aliphatic hydroxyl groups is 2. The molecular weight excluding hydrogens is 921 g/mol. The van der Waals surface area contributed by atoms with E-state index >= 15 is 0 Å². The molecule has 5 bridgehead atoms. The van der Waals surface area contributed by atoms with E-state index in [1.54, 1.807) is 56.9 Å². The Hall–Kier alpha value is -5.07. The highest BCUT2D eigenvalue weighted by Gasteiger charge is 2.50. The second kappa shape index (κ2) is 21.4. The molecule has 0 aromatic heterocycles. The average molecular weight is 999 g/mol. The Morgan fingerprint density at radius 1 is 0.875 bits per heavy atom. The molecule has 1 saturated carbocycles. The maximum absolute atomic E-state index is 15.0. The minimum absolute atomic E-state index is 0.0429. The van der Waals surface area contributed by atoms with Crippen molar-refractivity contribution in [3.8, 4) is 17.2 Å². The molecule has 6 aliphatic heterocycles. The van der Waals surface area contributed by atoms with Gasteiger partial charge in [0.1, 0.15) is 28.6 Å². The number of rotatable bonds is 5. The zero-order valence-corrected chi connectivity index (χ0v) is 43.9. The highest BCUT2D eigenvalue weighted by Crippen LogP contribution is 2.50. The summed E-state index contributed by atoms with van der Waals surface area (Å²) in [6.07, 6.45) is 10.2. The Morgan fingerprint density at radius 3 is 2.25 bits per heavy atom. The number of nitrogens with one attached hydrogen (secondary N) is 1. The number of phenolic OH excluding ortho intramolecular Hbond substituents is 2. The van der Waals surface area contributed by atoms with Gasteiger partial charge in [-0.05, 0) is 45.1 Å².